The van der Waals surface area contributed by atoms with Crippen LogP contribution in [0.15, 0.2) is 58.6 Å². The molecule has 3 aromatic rings. The Morgan fingerprint density at radius 3 is 2.79 bits per heavy atom. The smallest absolute Gasteiger partial charge is 0.456 e. The lowest BCUT2D eigenvalue weighted by Crippen LogP contribution is -2.48. The molecule has 4 atom stereocenters. The maximum atomic E-state index is 11.8. The minimum Gasteiger partial charge on any atom is -0.457 e. The first-order chi connectivity index (χ1) is 15.9. The van der Waals surface area contributed by atoms with Crippen LogP contribution in [0.1, 0.15) is 18.7 Å². The minimum absolute atomic E-state index is 0.234. The highest BCUT2D eigenvalue weighted by molar-refractivity contribution is 7.98. The van der Waals surface area contributed by atoms with E-state index in [1.165, 1.54) is 36.4 Å². The molecule has 2 aromatic heterocycles. The van der Waals surface area contributed by atoms with Gasteiger partial charge in [-0.2, -0.15) is 9.55 Å². The molecule has 1 fully saturated rings. The lowest BCUT2D eigenvalue weighted by Gasteiger charge is -2.21. The Kier molecular flexibility index (Phi) is 7.06. The number of hydrogen-bond donors (Lipinski definition) is 2. The van der Waals surface area contributed by atoms with E-state index in [2.05, 4.69) is 15.3 Å². The molecule has 174 valence electrons. The molecule has 1 aromatic carbocycles. The van der Waals surface area contributed by atoms with E-state index in [0.29, 0.717) is 0 Å². The van der Waals surface area contributed by atoms with E-state index < -0.39 is 42.1 Å². The fourth-order valence-electron chi connectivity index (χ4n) is 3.66. The van der Waals surface area contributed by atoms with Crippen molar-refractivity contribution >= 4 is 17.7 Å². The molecule has 0 spiro atoms. The number of rotatable bonds is 8. The van der Waals surface area contributed by atoms with Crippen molar-refractivity contribution in [1.82, 2.24) is 20.0 Å². The van der Waals surface area contributed by atoms with Gasteiger partial charge in [-0.1, -0.05) is 47.3 Å². The summed E-state index contributed by atoms with van der Waals surface area (Å²) in [6.07, 6.45) is 0.165. The number of esters is 1. The number of carbonyl (C=O) groups excluding carboxylic acids is 1. The van der Waals surface area contributed by atoms with Crippen molar-refractivity contribution < 1.29 is 28.7 Å². The van der Waals surface area contributed by atoms with Crippen LogP contribution >= 0.6 is 11.8 Å². The maximum absolute atomic E-state index is 11.8. The molecular weight excluding hydrogens is 450 g/mol. The Morgan fingerprint density at radius 2 is 2.09 bits per heavy atom. The number of hydrogen-bond acceptors (Lipinski definition) is 9. The van der Waals surface area contributed by atoms with Crippen molar-refractivity contribution in [2.24, 2.45) is 0 Å². The van der Waals surface area contributed by atoms with Crippen LogP contribution in [0.2, 0.25) is 0 Å². The molecule has 0 aliphatic carbocycles. The topological polar surface area (TPSA) is 132 Å². The number of aromatic amines is 1. The van der Waals surface area contributed by atoms with E-state index in [1.54, 1.807) is 22.6 Å². The van der Waals surface area contributed by atoms with Gasteiger partial charge in [-0.3, -0.25) is 4.79 Å². The van der Waals surface area contributed by atoms with Crippen molar-refractivity contribution in [3.05, 3.63) is 64.7 Å². The summed E-state index contributed by atoms with van der Waals surface area (Å²) in [5, 5.41) is 19.3. The number of carbonyl (C=O) groups is 1. The predicted octanol–water partition coefficient (Wildman–Crippen LogP) is 0.796. The largest absolute Gasteiger partial charge is 0.457 e. The van der Waals surface area contributed by atoms with Gasteiger partial charge in [0.1, 0.15) is 17.3 Å². The number of aromatic nitrogens is 5. The summed E-state index contributed by atoms with van der Waals surface area (Å²) in [7, 11) is 1.46. The van der Waals surface area contributed by atoms with Gasteiger partial charge in [0.05, 0.1) is 18.8 Å². The van der Waals surface area contributed by atoms with Crippen molar-refractivity contribution in [3.8, 4) is 6.01 Å². The second-order valence-electron chi connectivity index (χ2n) is 7.43. The first kappa shape index (κ1) is 23.0. The van der Waals surface area contributed by atoms with Gasteiger partial charge in [0.2, 0.25) is 6.23 Å². The van der Waals surface area contributed by atoms with Gasteiger partial charge < -0.3 is 19.3 Å². The van der Waals surface area contributed by atoms with E-state index >= 15 is 0 Å². The molecule has 3 heterocycles. The minimum atomic E-state index is -0.850. The van der Waals surface area contributed by atoms with Crippen LogP contribution in [-0.2, 0) is 31.3 Å². The van der Waals surface area contributed by atoms with Crippen LogP contribution in [-0.4, -0.2) is 56.5 Å². The summed E-state index contributed by atoms with van der Waals surface area (Å²) in [6, 6.07) is 10.9. The van der Waals surface area contributed by atoms with Crippen LogP contribution in [0.3, 0.4) is 0 Å². The second kappa shape index (κ2) is 10.1. The van der Waals surface area contributed by atoms with Crippen LogP contribution < -0.4 is 10.1 Å². The first-order valence-electron chi connectivity index (χ1n) is 10.2. The standard InChI is InChI=1S/C21H23N5O6S/c1-13(27)31-18-15(32-20(19(18)30-2)26-9-8-16(28)22-21(26)29)10-25-11-17(23-24-25)33-12-14-6-4-3-5-7-14/h3-9,11,15,18-20H,10,12H2,1-2H3,(H,22,28,29)/p+1. The SMILES string of the molecule is COC1C(OC(C)=O)C(Cn2cc(SCc3ccccc3)nn2)OC1[n+]1ccc(=O)[nH]c1O. The van der Waals surface area contributed by atoms with Crippen LogP contribution in [0.25, 0.3) is 0 Å². The normalized spacial score (nSPS) is 22.4. The third-order valence-electron chi connectivity index (χ3n) is 5.11. The summed E-state index contributed by atoms with van der Waals surface area (Å²) in [4.78, 5) is 25.5. The van der Waals surface area contributed by atoms with E-state index in [0.717, 1.165) is 10.8 Å². The molecule has 33 heavy (non-hydrogen) atoms. The number of ether oxygens (including phenoxy) is 3. The number of nitrogens with one attached hydrogen (secondary N) is 1. The Hall–Kier alpha value is -3.22. The van der Waals surface area contributed by atoms with Crippen LogP contribution in [0.5, 0.6) is 6.01 Å². The van der Waals surface area contributed by atoms with Crippen molar-refractivity contribution in [3.63, 3.8) is 0 Å². The van der Waals surface area contributed by atoms with Crippen molar-refractivity contribution in [2.75, 3.05) is 7.11 Å². The summed E-state index contributed by atoms with van der Waals surface area (Å²) in [5.41, 5.74) is 0.710. The van der Waals surface area contributed by atoms with Gasteiger partial charge in [-0.15, -0.1) is 5.10 Å². The van der Waals surface area contributed by atoms with E-state index in [-0.39, 0.29) is 6.54 Å². The number of H-pyrrole nitrogens is 1. The van der Waals surface area contributed by atoms with Gasteiger partial charge in [-0.05, 0) is 5.56 Å². The highest BCUT2D eigenvalue weighted by Gasteiger charge is 2.51. The monoisotopic (exact) mass is 474 g/mol. The summed E-state index contributed by atoms with van der Waals surface area (Å²) >= 11 is 1.55. The highest BCUT2D eigenvalue weighted by atomic mass is 32.2. The summed E-state index contributed by atoms with van der Waals surface area (Å²) in [5.74, 6) is 0.260. The quantitative estimate of drug-likeness (QED) is 0.276. The average Bonchev–Trinajstić information content (AvgIpc) is 3.37. The fraction of sp³-hybridized carbons (Fsp3) is 0.381. The molecule has 0 bridgehead atoms. The lowest BCUT2D eigenvalue weighted by atomic mass is 10.1. The third kappa shape index (κ3) is 5.41. The molecule has 4 rings (SSSR count). The van der Waals surface area contributed by atoms with Gasteiger partial charge in [-0.25, -0.2) is 9.48 Å². The zero-order valence-corrected chi connectivity index (χ0v) is 18.8. The van der Waals surface area contributed by atoms with Crippen molar-refractivity contribution in [1.29, 1.82) is 0 Å². The molecule has 11 nitrogen and oxygen atoms in total. The van der Waals surface area contributed by atoms with Gasteiger partial charge in [0.15, 0.2) is 12.2 Å². The molecule has 12 heteroatoms. The van der Waals surface area contributed by atoms with Gasteiger partial charge in [0.25, 0.3) is 0 Å². The van der Waals surface area contributed by atoms with Crippen LogP contribution in [0, 0.1) is 0 Å². The lowest BCUT2D eigenvalue weighted by molar-refractivity contribution is -0.772. The number of thioether (sulfide) groups is 1. The molecule has 4 unspecified atom stereocenters. The van der Waals surface area contributed by atoms with E-state index in [4.69, 9.17) is 14.2 Å². The van der Waals surface area contributed by atoms with E-state index in [1.807, 2.05) is 30.3 Å². The second-order valence-corrected chi connectivity index (χ2v) is 8.42. The number of benzene rings is 1. The summed E-state index contributed by atoms with van der Waals surface area (Å²) < 4.78 is 20.1. The first-order valence-corrected chi connectivity index (χ1v) is 11.2. The molecule has 1 saturated heterocycles. The Morgan fingerprint density at radius 1 is 1.30 bits per heavy atom. The number of methoxy groups -OCH3 is 1. The molecular formula is C21H24N5O6S+. The van der Waals surface area contributed by atoms with Gasteiger partial charge >= 0.3 is 17.5 Å². The average molecular weight is 475 g/mol. The Bertz CT molecular complexity index is 1150. The Balaban J connectivity index is 1.51. The zero-order valence-electron chi connectivity index (χ0n) is 18.0. The Labute approximate surface area is 193 Å². The molecule has 0 saturated carbocycles. The number of aromatic hydroxyl groups is 1. The molecule has 0 amide bonds. The zero-order chi connectivity index (χ0) is 23.4. The summed E-state index contributed by atoms with van der Waals surface area (Å²) in [6.45, 7) is 1.54. The van der Waals surface area contributed by atoms with Crippen LogP contribution in [0.4, 0.5) is 0 Å². The number of nitrogens with zero attached hydrogens (tertiary/aromatic N) is 4. The van der Waals surface area contributed by atoms with Gasteiger partial charge in [0, 0.05) is 19.8 Å². The highest BCUT2D eigenvalue weighted by Crippen LogP contribution is 2.32. The molecule has 1 aliphatic rings. The molecule has 2 N–H and O–H groups in total. The fourth-order valence-corrected chi connectivity index (χ4v) is 4.45. The maximum Gasteiger partial charge on any atom is 0.456 e. The molecule has 1 aliphatic heterocycles. The predicted molar refractivity (Wildman–Crippen MR) is 115 cm³/mol. The third-order valence-corrected chi connectivity index (χ3v) is 6.07. The van der Waals surface area contributed by atoms with Crippen molar-refractivity contribution in [2.45, 2.75) is 48.8 Å². The molecule has 0 radical (unpaired) electrons. The van der Waals surface area contributed by atoms with E-state index in [9.17, 15) is 14.7 Å².